The summed E-state index contributed by atoms with van der Waals surface area (Å²) in [7, 11) is 0. The second-order valence-electron chi connectivity index (χ2n) is 15.9. The zero-order valence-electron chi connectivity index (χ0n) is 15.7. The molecular formula is C27H26. The molecule has 0 heteroatoms. The van der Waals surface area contributed by atoms with E-state index in [1.54, 1.807) is 25.7 Å². The smallest absolute Gasteiger partial charge is 0.00962 e. The van der Waals surface area contributed by atoms with Crippen LogP contribution in [0.1, 0.15) is 25.7 Å². The third-order valence-electron chi connectivity index (χ3n) is 19.2. The molecule has 5 spiro atoms. The maximum absolute atomic E-state index is 1.73. The average molecular weight is 351 g/mol. The Bertz CT molecular complexity index is 1030. The van der Waals surface area contributed by atoms with E-state index < -0.39 is 0 Å². The predicted molar refractivity (Wildman–Crippen MR) is 93.5 cm³/mol. The molecule has 134 valence electrons. The molecule has 15 rings (SSSR count). The highest BCUT2D eigenvalue weighted by Gasteiger charge is 3.23. The first-order valence-electron chi connectivity index (χ1n) is 13.4. The van der Waals surface area contributed by atoms with Crippen molar-refractivity contribution in [3.05, 3.63) is 0 Å². The quantitative estimate of drug-likeness (QED) is 0.624. The van der Waals surface area contributed by atoms with Gasteiger partial charge in [-0.1, -0.05) is 0 Å². The Labute approximate surface area is 159 Å². The molecule has 15 aliphatic rings. The molecule has 0 heterocycles. The van der Waals surface area contributed by atoms with E-state index in [9.17, 15) is 0 Å². The first-order chi connectivity index (χ1) is 13.4. The average Bonchev–Trinajstić information content (AvgIpc) is 2.51. The van der Waals surface area contributed by atoms with Crippen molar-refractivity contribution in [3.8, 4) is 0 Å². The van der Waals surface area contributed by atoms with Gasteiger partial charge in [-0.3, -0.25) is 0 Å². The van der Waals surface area contributed by atoms with Crippen molar-refractivity contribution in [1.29, 1.82) is 0 Å². The SMILES string of the molecule is C1C2CC3C4C5C6C(C7C1C23C74)C1C2C3C4CC7CC8C9C%10C5C61C2%10C39C748. The van der Waals surface area contributed by atoms with Crippen molar-refractivity contribution < 1.29 is 0 Å². The number of hydrogen-bond donors (Lipinski definition) is 0. The van der Waals surface area contributed by atoms with Crippen LogP contribution in [0.2, 0.25) is 0 Å². The standard InChI is InChI=1S/C27H26/c1-5-2-8-12-14-18-13(11-7(1)23(5,8)17(11)12)19-21-15-9-3-6-4-10-16-22-20(14)25(18,19)27(21,22)26(15,16)24(6,9)10/h5-22H,1-4H2. The van der Waals surface area contributed by atoms with Crippen molar-refractivity contribution in [3.63, 3.8) is 0 Å². The second kappa shape index (κ2) is 2.10. The lowest BCUT2D eigenvalue weighted by atomic mass is 8.78. The minimum Gasteiger partial charge on any atom is -0.0462 e. The summed E-state index contributed by atoms with van der Waals surface area (Å²) >= 11 is 0. The van der Waals surface area contributed by atoms with Crippen LogP contribution in [0.3, 0.4) is 0 Å². The molecule has 14 unspecified atom stereocenters. The van der Waals surface area contributed by atoms with E-state index >= 15 is 0 Å². The van der Waals surface area contributed by atoms with Crippen molar-refractivity contribution in [2.75, 3.05) is 0 Å². The molecule has 0 N–H and O–H groups in total. The van der Waals surface area contributed by atoms with Crippen LogP contribution in [0.15, 0.2) is 0 Å². The first kappa shape index (κ1) is 10.9. The summed E-state index contributed by atoms with van der Waals surface area (Å²) in [5.74, 6) is 23.9. The van der Waals surface area contributed by atoms with Gasteiger partial charge in [-0.15, -0.1) is 0 Å². The van der Waals surface area contributed by atoms with E-state index in [1.807, 2.05) is 0 Å². The van der Waals surface area contributed by atoms with Crippen LogP contribution in [-0.2, 0) is 0 Å². The summed E-state index contributed by atoms with van der Waals surface area (Å²) in [5, 5.41) is 0. The van der Waals surface area contributed by atoms with Gasteiger partial charge in [0.1, 0.15) is 0 Å². The van der Waals surface area contributed by atoms with Gasteiger partial charge < -0.3 is 0 Å². The van der Waals surface area contributed by atoms with Gasteiger partial charge in [0.2, 0.25) is 0 Å². The molecule has 0 nitrogen and oxygen atoms in total. The van der Waals surface area contributed by atoms with E-state index in [0.717, 1.165) is 27.1 Å². The fraction of sp³-hybridized carbons (Fsp3) is 1.00. The summed E-state index contributed by atoms with van der Waals surface area (Å²) < 4.78 is 0. The van der Waals surface area contributed by atoms with E-state index in [1.165, 1.54) is 107 Å². The molecular weight excluding hydrogens is 324 g/mol. The molecule has 0 saturated heterocycles. The maximum atomic E-state index is 1.73. The lowest BCUT2D eigenvalue weighted by molar-refractivity contribution is -0.801. The van der Waals surface area contributed by atoms with Crippen molar-refractivity contribution in [2.24, 2.45) is 134 Å². The van der Waals surface area contributed by atoms with Crippen LogP contribution in [0, 0.1) is 134 Å². The van der Waals surface area contributed by atoms with E-state index in [4.69, 9.17) is 0 Å². The molecule has 0 aliphatic heterocycles. The van der Waals surface area contributed by atoms with Gasteiger partial charge in [0.15, 0.2) is 0 Å². The van der Waals surface area contributed by atoms with Crippen LogP contribution >= 0.6 is 0 Å². The van der Waals surface area contributed by atoms with Crippen molar-refractivity contribution >= 4 is 0 Å². The minimum atomic E-state index is 1.05. The molecule has 0 amide bonds. The van der Waals surface area contributed by atoms with Gasteiger partial charge in [0, 0.05) is 0 Å². The predicted octanol–water partition coefficient (Wildman–Crippen LogP) is 3.77. The summed E-state index contributed by atoms with van der Waals surface area (Å²) in [4.78, 5) is 0. The monoisotopic (exact) mass is 350 g/mol. The molecule has 27 heavy (non-hydrogen) atoms. The van der Waals surface area contributed by atoms with Crippen molar-refractivity contribution in [1.82, 2.24) is 0 Å². The summed E-state index contributed by atoms with van der Waals surface area (Å²) in [5.41, 5.74) is 5.39. The van der Waals surface area contributed by atoms with Crippen LogP contribution < -0.4 is 0 Å². The maximum Gasteiger partial charge on any atom is -0.00962 e. The Morgan fingerprint density at radius 2 is 1.00 bits per heavy atom. The zero-order valence-corrected chi connectivity index (χ0v) is 15.7. The molecule has 15 saturated carbocycles. The third-order valence-corrected chi connectivity index (χ3v) is 19.2. The molecule has 0 aromatic heterocycles. The van der Waals surface area contributed by atoms with Crippen molar-refractivity contribution in [2.45, 2.75) is 25.7 Å². The molecule has 15 fully saturated rings. The van der Waals surface area contributed by atoms with Gasteiger partial charge in [-0.05, 0) is 159 Å². The Balaban J connectivity index is 1.03. The van der Waals surface area contributed by atoms with E-state index in [0.29, 0.717) is 0 Å². The molecule has 14 atom stereocenters. The van der Waals surface area contributed by atoms with Gasteiger partial charge in [0.05, 0.1) is 0 Å². The molecule has 0 bridgehead atoms. The lowest BCUT2D eigenvalue weighted by Gasteiger charge is -3.26. The molecule has 0 aromatic rings. The minimum absolute atomic E-state index is 1.05. The number of fused-ring (bicyclic) bond motifs is 12. The van der Waals surface area contributed by atoms with Crippen LogP contribution in [0.5, 0.6) is 0 Å². The largest absolute Gasteiger partial charge is 0.0462 e. The van der Waals surface area contributed by atoms with E-state index in [2.05, 4.69) is 0 Å². The van der Waals surface area contributed by atoms with Gasteiger partial charge in [-0.25, -0.2) is 0 Å². The Hall–Kier alpha value is 0. The van der Waals surface area contributed by atoms with Gasteiger partial charge in [0.25, 0.3) is 0 Å². The Kier molecular flexibility index (Phi) is 0.844. The fourth-order valence-corrected chi connectivity index (χ4v) is 21.3. The lowest BCUT2D eigenvalue weighted by Crippen LogP contribution is -3.23. The Morgan fingerprint density at radius 3 is 1.59 bits per heavy atom. The third kappa shape index (κ3) is 0.411. The Morgan fingerprint density at radius 1 is 0.407 bits per heavy atom. The van der Waals surface area contributed by atoms with Gasteiger partial charge >= 0.3 is 0 Å². The topological polar surface area (TPSA) is 0 Å². The number of hydrogen-bond acceptors (Lipinski definition) is 0. The summed E-state index contributed by atoms with van der Waals surface area (Å²) in [6.07, 6.45) is 6.92. The summed E-state index contributed by atoms with van der Waals surface area (Å²) in [6.45, 7) is 0. The summed E-state index contributed by atoms with van der Waals surface area (Å²) in [6, 6.07) is 0. The fourth-order valence-electron chi connectivity index (χ4n) is 21.3. The highest BCUT2D eigenvalue weighted by Crippen LogP contribution is 3.26. The first-order valence-corrected chi connectivity index (χ1v) is 13.4. The highest BCUT2D eigenvalue weighted by molar-refractivity contribution is 5.69. The number of rotatable bonds is 0. The van der Waals surface area contributed by atoms with Gasteiger partial charge in [-0.2, -0.15) is 0 Å². The van der Waals surface area contributed by atoms with Crippen LogP contribution in [0.4, 0.5) is 0 Å². The van der Waals surface area contributed by atoms with Crippen LogP contribution in [-0.4, -0.2) is 0 Å². The second-order valence-corrected chi connectivity index (χ2v) is 15.9. The molecule has 0 radical (unpaired) electrons. The molecule has 0 aromatic carbocycles. The molecule has 15 aliphatic carbocycles. The van der Waals surface area contributed by atoms with E-state index in [-0.39, 0.29) is 0 Å². The highest BCUT2D eigenvalue weighted by atomic mass is 15.3. The van der Waals surface area contributed by atoms with Crippen LogP contribution in [0.25, 0.3) is 0 Å². The zero-order chi connectivity index (χ0) is 15.7. The normalized spacial score (nSPS) is 111.